The van der Waals surface area contributed by atoms with E-state index in [0.29, 0.717) is 23.7 Å². The highest BCUT2D eigenvalue weighted by atomic mass is 16.5. The van der Waals surface area contributed by atoms with Crippen LogP contribution in [0.5, 0.6) is 11.5 Å². The third-order valence-electron chi connectivity index (χ3n) is 2.35. The van der Waals surface area contributed by atoms with Crippen LogP contribution in [0.1, 0.15) is 36.5 Å². The summed E-state index contributed by atoms with van der Waals surface area (Å²) < 4.78 is 10.6. The van der Waals surface area contributed by atoms with Crippen molar-refractivity contribution in [3.8, 4) is 11.5 Å². The fourth-order valence-corrected chi connectivity index (χ4v) is 1.40. The number of carbonyl (C=O) groups is 1. The average Bonchev–Trinajstić information content (AvgIpc) is 2.34. The number of unbranched alkanes of at least 4 members (excludes halogenated alkanes) is 2. The van der Waals surface area contributed by atoms with Crippen molar-refractivity contribution in [2.75, 3.05) is 13.7 Å². The zero-order valence-corrected chi connectivity index (χ0v) is 9.86. The van der Waals surface area contributed by atoms with E-state index in [1.807, 2.05) is 0 Å². The number of benzene rings is 1. The van der Waals surface area contributed by atoms with Gasteiger partial charge in [-0.15, -0.1) is 0 Å². The van der Waals surface area contributed by atoms with Gasteiger partial charge in [0.1, 0.15) is 11.5 Å². The summed E-state index contributed by atoms with van der Waals surface area (Å²) in [6, 6.07) is 5.21. The molecule has 0 aromatic heterocycles. The molecular formula is C13H18O3. The lowest BCUT2D eigenvalue weighted by Gasteiger charge is -2.09. The van der Waals surface area contributed by atoms with Crippen LogP contribution in [0.4, 0.5) is 0 Å². The predicted molar refractivity (Wildman–Crippen MR) is 63.4 cm³/mol. The Bertz CT molecular complexity index is 334. The largest absolute Gasteiger partial charge is 0.497 e. The zero-order chi connectivity index (χ0) is 11.8. The van der Waals surface area contributed by atoms with E-state index < -0.39 is 0 Å². The number of hydrogen-bond acceptors (Lipinski definition) is 3. The molecule has 0 fully saturated rings. The van der Waals surface area contributed by atoms with E-state index in [4.69, 9.17) is 9.47 Å². The first-order valence-corrected chi connectivity index (χ1v) is 5.57. The van der Waals surface area contributed by atoms with Crippen LogP contribution in [-0.4, -0.2) is 20.0 Å². The molecule has 0 radical (unpaired) electrons. The fourth-order valence-electron chi connectivity index (χ4n) is 1.40. The number of ether oxygens (including phenoxy) is 2. The summed E-state index contributed by atoms with van der Waals surface area (Å²) in [6.45, 7) is 2.78. The highest BCUT2D eigenvalue weighted by Crippen LogP contribution is 2.23. The quantitative estimate of drug-likeness (QED) is 0.525. The van der Waals surface area contributed by atoms with Gasteiger partial charge in [-0.3, -0.25) is 4.79 Å². The van der Waals surface area contributed by atoms with Crippen LogP contribution in [0.3, 0.4) is 0 Å². The predicted octanol–water partition coefficient (Wildman–Crippen LogP) is 3.08. The number of aldehydes is 1. The summed E-state index contributed by atoms with van der Waals surface area (Å²) in [7, 11) is 1.59. The van der Waals surface area contributed by atoms with Crippen LogP contribution in [0.25, 0.3) is 0 Å². The van der Waals surface area contributed by atoms with Gasteiger partial charge in [-0.2, -0.15) is 0 Å². The van der Waals surface area contributed by atoms with Gasteiger partial charge in [0.15, 0.2) is 6.29 Å². The minimum absolute atomic E-state index is 0.567. The van der Waals surface area contributed by atoms with Gasteiger partial charge in [0, 0.05) is 6.07 Å². The molecule has 16 heavy (non-hydrogen) atoms. The van der Waals surface area contributed by atoms with Crippen molar-refractivity contribution in [3.05, 3.63) is 23.8 Å². The normalized spacial score (nSPS) is 9.88. The minimum atomic E-state index is 0.567. The molecule has 0 spiro atoms. The lowest BCUT2D eigenvalue weighted by molar-refractivity contribution is 0.111. The van der Waals surface area contributed by atoms with E-state index in [1.165, 1.54) is 0 Å². The van der Waals surface area contributed by atoms with Gasteiger partial charge >= 0.3 is 0 Å². The van der Waals surface area contributed by atoms with Crippen LogP contribution < -0.4 is 9.47 Å². The van der Waals surface area contributed by atoms with Gasteiger partial charge in [0.25, 0.3) is 0 Å². The smallest absolute Gasteiger partial charge is 0.153 e. The number of methoxy groups -OCH3 is 1. The van der Waals surface area contributed by atoms with Gasteiger partial charge in [-0.1, -0.05) is 19.8 Å². The fraction of sp³-hybridized carbons (Fsp3) is 0.462. The Hall–Kier alpha value is -1.51. The summed E-state index contributed by atoms with van der Waals surface area (Å²) in [5.41, 5.74) is 0.567. The molecule has 0 bridgehead atoms. The third-order valence-corrected chi connectivity index (χ3v) is 2.35. The zero-order valence-electron chi connectivity index (χ0n) is 9.86. The van der Waals surface area contributed by atoms with Crippen molar-refractivity contribution < 1.29 is 14.3 Å². The molecule has 3 nitrogen and oxygen atoms in total. The molecule has 1 rings (SSSR count). The van der Waals surface area contributed by atoms with Crippen LogP contribution >= 0.6 is 0 Å². The lowest BCUT2D eigenvalue weighted by Crippen LogP contribution is -2.00. The topological polar surface area (TPSA) is 35.5 Å². The van der Waals surface area contributed by atoms with Gasteiger partial charge in [-0.25, -0.2) is 0 Å². The molecule has 0 saturated carbocycles. The summed E-state index contributed by atoms with van der Waals surface area (Å²) >= 11 is 0. The second-order valence-electron chi connectivity index (χ2n) is 3.58. The molecule has 0 aliphatic rings. The van der Waals surface area contributed by atoms with Gasteiger partial charge < -0.3 is 9.47 Å². The molecule has 0 aliphatic carbocycles. The minimum Gasteiger partial charge on any atom is -0.497 e. The van der Waals surface area contributed by atoms with Crippen molar-refractivity contribution >= 4 is 6.29 Å². The van der Waals surface area contributed by atoms with Crippen molar-refractivity contribution in [2.24, 2.45) is 0 Å². The first-order valence-electron chi connectivity index (χ1n) is 5.57. The summed E-state index contributed by atoms with van der Waals surface area (Å²) in [6.07, 6.45) is 4.10. The molecule has 88 valence electrons. The number of rotatable bonds is 7. The molecule has 1 aromatic carbocycles. The second kappa shape index (κ2) is 6.88. The number of carbonyl (C=O) groups excluding carboxylic acids is 1. The Morgan fingerprint density at radius 2 is 2.12 bits per heavy atom. The van der Waals surface area contributed by atoms with E-state index in [-0.39, 0.29) is 0 Å². The Kier molecular flexibility index (Phi) is 5.40. The van der Waals surface area contributed by atoms with Crippen molar-refractivity contribution in [3.63, 3.8) is 0 Å². The molecule has 1 aromatic rings. The van der Waals surface area contributed by atoms with Crippen molar-refractivity contribution in [1.82, 2.24) is 0 Å². The standard InChI is InChI=1S/C13H18O3/c1-3-4-5-8-16-13-9-12(15-2)7-6-11(13)10-14/h6-7,9-10H,3-5,8H2,1-2H3. The first kappa shape index (κ1) is 12.6. The van der Waals surface area contributed by atoms with Gasteiger partial charge in [0.2, 0.25) is 0 Å². The van der Waals surface area contributed by atoms with Crippen molar-refractivity contribution in [2.45, 2.75) is 26.2 Å². The maximum atomic E-state index is 10.8. The Labute approximate surface area is 96.4 Å². The average molecular weight is 222 g/mol. The Balaban J connectivity index is 2.64. The van der Waals surface area contributed by atoms with E-state index >= 15 is 0 Å². The van der Waals surface area contributed by atoms with Crippen LogP contribution in [0.15, 0.2) is 18.2 Å². The molecule has 0 atom stereocenters. The molecule has 3 heteroatoms. The van der Waals surface area contributed by atoms with Gasteiger partial charge in [-0.05, 0) is 18.6 Å². The van der Waals surface area contributed by atoms with E-state index in [2.05, 4.69) is 6.92 Å². The molecule has 0 unspecified atom stereocenters. The monoisotopic (exact) mass is 222 g/mol. The second-order valence-corrected chi connectivity index (χ2v) is 3.58. The maximum Gasteiger partial charge on any atom is 0.153 e. The van der Waals surface area contributed by atoms with E-state index in [9.17, 15) is 4.79 Å². The highest BCUT2D eigenvalue weighted by molar-refractivity contribution is 5.79. The maximum absolute atomic E-state index is 10.8. The van der Waals surface area contributed by atoms with Crippen molar-refractivity contribution in [1.29, 1.82) is 0 Å². The molecule has 0 saturated heterocycles. The molecule has 0 heterocycles. The number of hydrogen-bond donors (Lipinski definition) is 0. The highest BCUT2D eigenvalue weighted by Gasteiger charge is 2.04. The lowest BCUT2D eigenvalue weighted by atomic mass is 10.2. The summed E-state index contributed by atoms with van der Waals surface area (Å²) in [5, 5.41) is 0. The first-order chi connectivity index (χ1) is 7.81. The molecule has 0 aliphatic heterocycles. The molecule has 0 amide bonds. The summed E-state index contributed by atoms with van der Waals surface area (Å²) in [4.78, 5) is 10.8. The van der Waals surface area contributed by atoms with E-state index in [0.717, 1.165) is 25.5 Å². The summed E-state index contributed by atoms with van der Waals surface area (Å²) in [5.74, 6) is 1.31. The SMILES string of the molecule is CCCCCOc1cc(OC)ccc1C=O. The third kappa shape index (κ3) is 3.57. The van der Waals surface area contributed by atoms with E-state index in [1.54, 1.807) is 25.3 Å². The molecular weight excluding hydrogens is 204 g/mol. The van der Waals surface area contributed by atoms with Crippen LogP contribution in [-0.2, 0) is 0 Å². The van der Waals surface area contributed by atoms with Gasteiger partial charge in [0.05, 0.1) is 19.3 Å². The molecule has 0 N–H and O–H groups in total. The van der Waals surface area contributed by atoms with Crippen LogP contribution in [0.2, 0.25) is 0 Å². The Morgan fingerprint density at radius 1 is 1.31 bits per heavy atom. The Morgan fingerprint density at radius 3 is 2.75 bits per heavy atom. The van der Waals surface area contributed by atoms with Crippen LogP contribution in [0, 0.1) is 0 Å².